The molecule has 0 aromatic rings. The molecule has 0 spiro atoms. The minimum atomic E-state index is -3.06. The average molecular weight is 397 g/mol. The summed E-state index contributed by atoms with van der Waals surface area (Å²) in [7, 11) is 1.31. The highest BCUT2D eigenvalue weighted by atomic mass is 28.4. The van der Waals surface area contributed by atoms with E-state index in [-0.39, 0.29) is 26.4 Å². The molecule has 1 heterocycles. The van der Waals surface area contributed by atoms with Gasteiger partial charge in [-0.15, -0.1) is 0 Å². The van der Waals surface area contributed by atoms with Crippen molar-refractivity contribution >= 4 is 8.80 Å². The van der Waals surface area contributed by atoms with Crippen LogP contribution in [0, 0.1) is 0 Å². The van der Waals surface area contributed by atoms with E-state index >= 15 is 0 Å². The molecule has 1 rings (SSSR count). The Labute approximate surface area is 157 Å². The topological polar surface area (TPSA) is 140 Å². The summed E-state index contributed by atoms with van der Waals surface area (Å²) >= 11 is 0. The standard InChI is InChI=1S/C16H38N3O6Si/c1-4-6-19(2,3)7-5-8-26(23-12-15(17,9-20)10-21)24-13-16(18,11-22)14-25-26/h20-22H,4-14,17-18H2,1-3H3/q+1. The first-order valence-corrected chi connectivity index (χ1v) is 11.1. The van der Waals surface area contributed by atoms with Crippen molar-refractivity contribution in [3.8, 4) is 0 Å². The van der Waals surface area contributed by atoms with Gasteiger partial charge in [0.2, 0.25) is 0 Å². The number of rotatable bonds is 12. The normalized spacial score (nSPS) is 27.7. The van der Waals surface area contributed by atoms with Crippen LogP contribution >= 0.6 is 0 Å². The smallest absolute Gasteiger partial charge is 0.394 e. The van der Waals surface area contributed by atoms with Crippen molar-refractivity contribution in [3.05, 3.63) is 0 Å². The third kappa shape index (κ3) is 7.11. The zero-order valence-electron chi connectivity index (χ0n) is 16.4. The summed E-state index contributed by atoms with van der Waals surface area (Å²) < 4.78 is 18.7. The van der Waals surface area contributed by atoms with E-state index in [9.17, 15) is 15.3 Å². The van der Waals surface area contributed by atoms with Gasteiger partial charge in [-0.1, -0.05) is 6.92 Å². The zero-order chi connectivity index (χ0) is 19.9. The van der Waals surface area contributed by atoms with Gasteiger partial charge in [-0.3, -0.25) is 0 Å². The second kappa shape index (κ2) is 9.87. The Morgan fingerprint density at radius 2 is 1.73 bits per heavy atom. The van der Waals surface area contributed by atoms with Crippen LogP contribution in [0.15, 0.2) is 0 Å². The zero-order valence-corrected chi connectivity index (χ0v) is 17.4. The Kier molecular flexibility index (Phi) is 9.07. The molecule has 1 fully saturated rings. The SMILES string of the molecule is CCC[N+](C)(C)CCC[Si]1(OCC(N)(CO)CO)OCC(N)(CO)CO1. The number of nitrogens with zero attached hydrogens (tertiary/aromatic N) is 1. The Hall–Kier alpha value is -0.143. The summed E-state index contributed by atoms with van der Waals surface area (Å²) in [6, 6.07) is 0.590. The minimum absolute atomic E-state index is 0.0733. The number of aliphatic hydroxyl groups excluding tert-OH is 3. The van der Waals surface area contributed by atoms with Crippen LogP contribution in [0.2, 0.25) is 6.04 Å². The van der Waals surface area contributed by atoms with Gasteiger partial charge in [0.05, 0.1) is 77.9 Å². The molecule has 10 heteroatoms. The largest absolute Gasteiger partial charge is 0.501 e. The maximum Gasteiger partial charge on any atom is 0.501 e. The fourth-order valence-corrected chi connectivity index (χ4v) is 5.61. The Morgan fingerprint density at radius 3 is 2.19 bits per heavy atom. The predicted molar refractivity (Wildman–Crippen MR) is 100 cm³/mol. The van der Waals surface area contributed by atoms with Gasteiger partial charge in [0, 0.05) is 12.5 Å². The van der Waals surface area contributed by atoms with E-state index < -0.39 is 33.1 Å². The lowest BCUT2D eigenvalue weighted by molar-refractivity contribution is -0.890. The van der Waals surface area contributed by atoms with Crippen molar-refractivity contribution in [2.45, 2.75) is 36.9 Å². The molecule has 1 saturated heterocycles. The summed E-state index contributed by atoms with van der Waals surface area (Å²) in [6.07, 6.45) is 1.94. The van der Waals surface area contributed by atoms with Crippen LogP contribution < -0.4 is 11.5 Å². The van der Waals surface area contributed by atoms with Gasteiger partial charge < -0.3 is 44.5 Å². The average Bonchev–Trinajstić information content (AvgIpc) is 2.62. The van der Waals surface area contributed by atoms with E-state index in [4.69, 9.17) is 24.7 Å². The van der Waals surface area contributed by atoms with Gasteiger partial charge in [-0.2, -0.15) is 0 Å². The molecule has 0 unspecified atom stereocenters. The minimum Gasteiger partial charge on any atom is -0.394 e. The molecular formula is C16H38N3O6Si+. The van der Waals surface area contributed by atoms with Crippen LogP contribution in [-0.4, -0.2) is 107 Å². The monoisotopic (exact) mass is 396 g/mol. The molecule has 0 atom stereocenters. The number of hydrogen-bond donors (Lipinski definition) is 5. The molecule has 1 aliphatic rings. The van der Waals surface area contributed by atoms with Gasteiger partial charge in [-0.25, -0.2) is 0 Å². The molecule has 0 radical (unpaired) electrons. The first-order valence-electron chi connectivity index (χ1n) is 9.21. The van der Waals surface area contributed by atoms with Crippen molar-refractivity contribution in [1.82, 2.24) is 0 Å². The molecule has 0 amide bonds. The van der Waals surface area contributed by atoms with Crippen molar-refractivity contribution < 1.29 is 33.1 Å². The predicted octanol–water partition coefficient (Wildman–Crippen LogP) is -1.76. The highest BCUT2D eigenvalue weighted by Gasteiger charge is 2.50. The van der Waals surface area contributed by atoms with E-state index in [0.29, 0.717) is 6.04 Å². The maximum atomic E-state index is 9.40. The molecule has 9 nitrogen and oxygen atoms in total. The van der Waals surface area contributed by atoms with Gasteiger partial charge in [0.25, 0.3) is 0 Å². The van der Waals surface area contributed by atoms with Gasteiger partial charge in [0.15, 0.2) is 0 Å². The van der Waals surface area contributed by atoms with Crippen molar-refractivity contribution in [3.63, 3.8) is 0 Å². The highest BCUT2D eigenvalue weighted by Crippen LogP contribution is 2.26. The maximum absolute atomic E-state index is 9.40. The summed E-state index contributed by atoms with van der Waals surface area (Å²) in [5, 5.41) is 28.1. The Morgan fingerprint density at radius 1 is 1.15 bits per heavy atom. The van der Waals surface area contributed by atoms with Gasteiger partial charge >= 0.3 is 8.80 Å². The fourth-order valence-electron chi connectivity index (χ4n) is 2.82. The molecule has 156 valence electrons. The Bertz CT molecular complexity index is 415. The third-order valence-electron chi connectivity index (χ3n) is 4.76. The molecule has 0 saturated carbocycles. The Balaban J connectivity index is 2.73. The lowest BCUT2D eigenvalue weighted by atomic mass is 10.1. The summed E-state index contributed by atoms with van der Waals surface area (Å²) in [4.78, 5) is 0. The van der Waals surface area contributed by atoms with E-state index in [2.05, 4.69) is 21.0 Å². The van der Waals surface area contributed by atoms with Gasteiger partial charge in [0.1, 0.15) is 0 Å². The second-order valence-corrected chi connectivity index (χ2v) is 11.0. The first-order chi connectivity index (χ1) is 12.1. The third-order valence-corrected chi connectivity index (χ3v) is 7.48. The van der Waals surface area contributed by atoms with E-state index in [1.165, 1.54) is 0 Å². The van der Waals surface area contributed by atoms with Crippen LogP contribution in [0.4, 0.5) is 0 Å². The van der Waals surface area contributed by atoms with E-state index in [1.54, 1.807) is 0 Å². The fraction of sp³-hybridized carbons (Fsp3) is 1.00. The molecule has 0 aromatic carbocycles. The van der Waals surface area contributed by atoms with Crippen molar-refractivity contribution in [2.75, 3.05) is 66.8 Å². The van der Waals surface area contributed by atoms with Gasteiger partial charge in [-0.05, 0) is 6.42 Å². The van der Waals surface area contributed by atoms with Crippen LogP contribution in [0.1, 0.15) is 19.8 Å². The quantitative estimate of drug-likeness (QED) is 0.193. The molecular weight excluding hydrogens is 358 g/mol. The number of nitrogens with two attached hydrogens (primary N) is 2. The summed E-state index contributed by atoms with van der Waals surface area (Å²) in [6.45, 7) is 3.32. The molecule has 1 aliphatic heterocycles. The van der Waals surface area contributed by atoms with Crippen LogP contribution in [0.5, 0.6) is 0 Å². The highest BCUT2D eigenvalue weighted by molar-refractivity contribution is 6.60. The van der Waals surface area contributed by atoms with Crippen LogP contribution in [0.3, 0.4) is 0 Å². The molecule has 0 aromatic heterocycles. The second-order valence-electron chi connectivity index (χ2n) is 8.23. The number of hydrogen-bond acceptors (Lipinski definition) is 8. The van der Waals surface area contributed by atoms with E-state index in [1.807, 2.05) is 0 Å². The number of aliphatic hydroxyl groups is 3. The van der Waals surface area contributed by atoms with E-state index in [0.717, 1.165) is 30.4 Å². The lowest BCUT2D eigenvalue weighted by Crippen LogP contribution is -2.65. The lowest BCUT2D eigenvalue weighted by Gasteiger charge is -2.42. The summed E-state index contributed by atoms with van der Waals surface area (Å²) in [5.74, 6) is 0. The molecule has 26 heavy (non-hydrogen) atoms. The number of quaternary nitrogens is 1. The van der Waals surface area contributed by atoms with Crippen molar-refractivity contribution in [1.29, 1.82) is 0 Å². The van der Waals surface area contributed by atoms with Crippen LogP contribution in [0.25, 0.3) is 0 Å². The summed E-state index contributed by atoms with van der Waals surface area (Å²) in [5.41, 5.74) is 9.73. The molecule has 7 N–H and O–H groups in total. The first kappa shape index (κ1) is 23.9. The van der Waals surface area contributed by atoms with Crippen LogP contribution in [-0.2, 0) is 13.3 Å². The molecule has 0 aliphatic carbocycles. The molecule has 0 bridgehead atoms. The van der Waals surface area contributed by atoms with Crippen molar-refractivity contribution in [2.24, 2.45) is 11.5 Å².